The first-order chi connectivity index (χ1) is 11.5. The molecule has 0 amide bonds. The van der Waals surface area contributed by atoms with Crippen LogP contribution >= 0.6 is 0 Å². The first kappa shape index (κ1) is 17.9. The lowest BCUT2D eigenvalue weighted by Gasteiger charge is -2.37. The van der Waals surface area contributed by atoms with Gasteiger partial charge in [-0.1, -0.05) is 13.0 Å². The van der Waals surface area contributed by atoms with Gasteiger partial charge in [0.1, 0.15) is 5.69 Å². The van der Waals surface area contributed by atoms with E-state index in [-0.39, 0.29) is 11.8 Å². The third-order valence-corrected chi connectivity index (χ3v) is 4.34. The molecule has 1 aromatic rings. The maximum absolute atomic E-state index is 11.5. The van der Waals surface area contributed by atoms with Gasteiger partial charge in [0.15, 0.2) is 0 Å². The van der Waals surface area contributed by atoms with Gasteiger partial charge in [0.2, 0.25) is 0 Å². The van der Waals surface area contributed by atoms with Crippen LogP contribution in [0, 0.1) is 16.0 Å². The predicted octanol–water partition coefficient (Wildman–Crippen LogP) is 2.64. The smallest absolute Gasteiger partial charge is 0.330 e. The minimum absolute atomic E-state index is 0.0198. The van der Waals surface area contributed by atoms with Crippen molar-refractivity contribution in [3.8, 4) is 0 Å². The third kappa shape index (κ3) is 4.11. The maximum atomic E-state index is 11.5. The Kier molecular flexibility index (Phi) is 5.92. The van der Waals surface area contributed by atoms with Gasteiger partial charge in [-0.15, -0.1) is 0 Å². The summed E-state index contributed by atoms with van der Waals surface area (Å²) in [5, 5.41) is 11.5. The van der Waals surface area contributed by atoms with E-state index in [0.717, 1.165) is 13.0 Å². The number of esters is 1. The molecule has 0 aromatic heterocycles. The number of ether oxygens (including phenoxy) is 2. The standard InChI is InChI=1S/C17H22N2O5/c1-12-8-9-18(11-16(12)23-2)14-6-4-13(5-7-17(20)24-3)10-15(14)19(21)22/h4-7,10,12,16H,8-9,11H2,1-3H3/b7-5+. The van der Waals surface area contributed by atoms with Crippen LogP contribution in [0.4, 0.5) is 11.4 Å². The van der Waals surface area contributed by atoms with Crippen LogP contribution in [-0.2, 0) is 14.3 Å². The predicted molar refractivity (Wildman–Crippen MR) is 90.9 cm³/mol. The summed E-state index contributed by atoms with van der Waals surface area (Å²) >= 11 is 0. The zero-order valence-electron chi connectivity index (χ0n) is 14.1. The molecule has 1 aliphatic heterocycles. The molecule has 0 aliphatic carbocycles. The van der Waals surface area contributed by atoms with Crippen LogP contribution in [0.5, 0.6) is 0 Å². The van der Waals surface area contributed by atoms with E-state index in [1.807, 2.05) is 4.90 Å². The van der Waals surface area contributed by atoms with E-state index in [4.69, 9.17) is 4.74 Å². The number of carbonyl (C=O) groups excluding carboxylic acids is 1. The van der Waals surface area contributed by atoms with E-state index in [2.05, 4.69) is 11.7 Å². The Labute approximate surface area is 141 Å². The highest BCUT2D eigenvalue weighted by Crippen LogP contribution is 2.33. The van der Waals surface area contributed by atoms with Crippen molar-refractivity contribution in [2.24, 2.45) is 5.92 Å². The van der Waals surface area contributed by atoms with Crippen molar-refractivity contribution < 1.29 is 19.2 Å². The number of benzene rings is 1. The number of nitrogens with zero attached hydrogens (tertiary/aromatic N) is 2. The maximum Gasteiger partial charge on any atom is 0.330 e. The Morgan fingerprint density at radius 3 is 2.79 bits per heavy atom. The molecule has 24 heavy (non-hydrogen) atoms. The second-order valence-corrected chi connectivity index (χ2v) is 5.85. The summed E-state index contributed by atoms with van der Waals surface area (Å²) < 4.78 is 10.0. The molecule has 1 aromatic carbocycles. The van der Waals surface area contributed by atoms with Crippen molar-refractivity contribution in [1.29, 1.82) is 0 Å². The van der Waals surface area contributed by atoms with Crippen molar-refractivity contribution in [2.75, 3.05) is 32.2 Å². The minimum Gasteiger partial charge on any atom is -0.466 e. The molecule has 0 N–H and O–H groups in total. The Hall–Kier alpha value is -2.41. The summed E-state index contributed by atoms with van der Waals surface area (Å²) in [5.74, 6) is -0.0812. The molecule has 2 rings (SSSR count). The second kappa shape index (κ2) is 7.92. The van der Waals surface area contributed by atoms with Crippen LogP contribution in [0.2, 0.25) is 0 Å². The topological polar surface area (TPSA) is 81.9 Å². The van der Waals surface area contributed by atoms with Gasteiger partial charge in [0.05, 0.1) is 18.1 Å². The fraction of sp³-hybridized carbons (Fsp3) is 0.471. The second-order valence-electron chi connectivity index (χ2n) is 5.85. The molecule has 130 valence electrons. The SMILES string of the molecule is COC(=O)/C=C/c1ccc(N2CCC(C)C(OC)C2)c([N+](=O)[O-])c1. The van der Waals surface area contributed by atoms with Gasteiger partial charge in [-0.3, -0.25) is 10.1 Å². The summed E-state index contributed by atoms with van der Waals surface area (Å²) in [6, 6.07) is 4.94. The molecule has 1 aliphatic rings. The van der Waals surface area contributed by atoms with Crippen LogP contribution < -0.4 is 4.90 Å². The molecular formula is C17H22N2O5. The number of carbonyl (C=O) groups is 1. The average Bonchev–Trinajstić information content (AvgIpc) is 2.59. The summed E-state index contributed by atoms with van der Waals surface area (Å²) in [7, 11) is 2.95. The molecule has 2 unspecified atom stereocenters. The first-order valence-corrected chi connectivity index (χ1v) is 7.78. The molecular weight excluding hydrogens is 312 g/mol. The van der Waals surface area contributed by atoms with E-state index >= 15 is 0 Å². The number of nitro benzene ring substituents is 1. The summed E-state index contributed by atoms with van der Waals surface area (Å²) in [6.45, 7) is 3.50. The van der Waals surface area contributed by atoms with Gasteiger partial charge in [-0.25, -0.2) is 4.79 Å². The number of rotatable bonds is 5. The molecule has 1 saturated heterocycles. The fourth-order valence-electron chi connectivity index (χ4n) is 2.85. The van der Waals surface area contributed by atoms with Gasteiger partial charge < -0.3 is 14.4 Å². The van der Waals surface area contributed by atoms with Gasteiger partial charge >= 0.3 is 5.97 Å². The lowest BCUT2D eigenvalue weighted by molar-refractivity contribution is -0.384. The monoisotopic (exact) mass is 334 g/mol. The van der Waals surface area contributed by atoms with E-state index in [0.29, 0.717) is 23.7 Å². The van der Waals surface area contributed by atoms with Crippen molar-refractivity contribution in [2.45, 2.75) is 19.4 Å². The molecule has 0 radical (unpaired) electrons. The summed E-state index contributed by atoms with van der Waals surface area (Å²) in [4.78, 5) is 24.2. The van der Waals surface area contributed by atoms with Crippen molar-refractivity contribution in [1.82, 2.24) is 0 Å². The first-order valence-electron chi connectivity index (χ1n) is 7.78. The largest absolute Gasteiger partial charge is 0.466 e. The van der Waals surface area contributed by atoms with Gasteiger partial charge in [-0.2, -0.15) is 0 Å². The summed E-state index contributed by atoms with van der Waals surface area (Å²) in [6.07, 6.45) is 3.71. The minimum atomic E-state index is -0.505. The lowest BCUT2D eigenvalue weighted by Crippen LogP contribution is -2.44. The van der Waals surface area contributed by atoms with Crippen molar-refractivity contribution >= 4 is 23.4 Å². The van der Waals surface area contributed by atoms with Crippen molar-refractivity contribution in [3.63, 3.8) is 0 Å². The van der Waals surface area contributed by atoms with E-state index < -0.39 is 10.9 Å². The highest BCUT2D eigenvalue weighted by molar-refractivity contribution is 5.87. The molecule has 7 nitrogen and oxygen atoms in total. The highest BCUT2D eigenvalue weighted by atomic mass is 16.6. The van der Waals surface area contributed by atoms with Gasteiger partial charge in [-0.05, 0) is 30.0 Å². The molecule has 1 heterocycles. The van der Waals surface area contributed by atoms with Crippen LogP contribution in [0.15, 0.2) is 24.3 Å². The number of hydrogen-bond donors (Lipinski definition) is 0. The van der Waals surface area contributed by atoms with Crippen LogP contribution in [-0.4, -0.2) is 44.3 Å². The van der Waals surface area contributed by atoms with E-state index in [1.165, 1.54) is 25.3 Å². The molecule has 0 bridgehead atoms. The molecule has 2 atom stereocenters. The number of nitro groups is 1. The Morgan fingerprint density at radius 1 is 1.42 bits per heavy atom. The zero-order chi connectivity index (χ0) is 17.7. The Balaban J connectivity index is 2.28. The number of hydrogen-bond acceptors (Lipinski definition) is 6. The average molecular weight is 334 g/mol. The Bertz CT molecular complexity index is 644. The van der Waals surface area contributed by atoms with Crippen molar-refractivity contribution in [3.05, 3.63) is 40.0 Å². The third-order valence-electron chi connectivity index (χ3n) is 4.34. The molecule has 0 saturated carbocycles. The molecule has 7 heteroatoms. The van der Waals surface area contributed by atoms with E-state index in [1.54, 1.807) is 19.2 Å². The highest BCUT2D eigenvalue weighted by Gasteiger charge is 2.29. The molecule has 1 fully saturated rings. The van der Waals surface area contributed by atoms with Crippen LogP contribution in [0.3, 0.4) is 0 Å². The Morgan fingerprint density at radius 2 is 2.17 bits per heavy atom. The number of piperidine rings is 1. The van der Waals surface area contributed by atoms with Crippen LogP contribution in [0.25, 0.3) is 6.08 Å². The normalized spacial score (nSPS) is 21.0. The lowest BCUT2D eigenvalue weighted by atomic mass is 9.95. The molecule has 0 spiro atoms. The summed E-state index contributed by atoms with van der Waals surface area (Å²) in [5.41, 5.74) is 1.17. The zero-order valence-corrected chi connectivity index (χ0v) is 14.1. The van der Waals surface area contributed by atoms with Gasteiger partial charge in [0, 0.05) is 32.3 Å². The van der Waals surface area contributed by atoms with Crippen LogP contribution in [0.1, 0.15) is 18.9 Å². The fourth-order valence-corrected chi connectivity index (χ4v) is 2.85. The quantitative estimate of drug-likeness (QED) is 0.356. The number of methoxy groups -OCH3 is 2. The van der Waals surface area contributed by atoms with E-state index in [9.17, 15) is 14.9 Å². The number of anilines is 1. The van der Waals surface area contributed by atoms with Gasteiger partial charge in [0.25, 0.3) is 5.69 Å².